The highest BCUT2D eigenvalue weighted by Gasteiger charge is 2.12. The molecule has 0 saturated heterocycles. The fourth-order valence-corrected chi connectivity index (χ4v) is 1.90. The average Bonchev–Trinajstić information content (AvgIpc) is 2.31. The molecule has 0 bridgehead atoms. The van der Waals surface area contributed by atoms with Gasteiger partial charge in [0.25, 0.3) is 0 Å². The minimum Gasteiger partial charge on any atom is -0.496 e. The molecule has 17 heavy (non-hydrogen) atoms. The minimum atomic E-state index is -0.152. The van der Waals surface area contributed by atoms with Gasteiger partial charge in [-0.05, 0) is 44.4 Å². The van der Waals surface area contributed by atoms with Gasteiger partial charge in [0.1, 0.15) is 5.75 Å². The summed E-state index contributed by atoms with van der Waals surface area (Å²) in [6.07, 6.45) is 0. The van der Waals surface area contributed by atoms with Crippen LogP contribution in [0.25, 0.3) is 0 Å². The van der Waals surface area contributed by atoms with Crippen molar-refractivity contribution in [3.05, 3.63) is 28.3 Å². The maximum absolute atomic E-state index is 8.76. The van der Waals surface area contributed by atoms with E-state index in [4.69, 9.17) is 10.00 Å². The Balaban J connectivity index is 3.06. The Bertz CT molecular complexity index is 447. The highest BCUT2D eigenvalue weighted by atomic mass is 16.5. The average molecular weight is 232 g/mol. The van der Waals surface area contributed by atoms with Crippen LogP contribution in [0.1, 0.15) is 29.2 Å². The molecule has 1 atom stereocenters. The number of aryl methyl sites for hydroxylation is 2. The molecule has 1 rings (SSSR count). The molecule has 1 N–H and O–H groups in total. The van der Waals surface area contributed by atoms with Gasteiger partial charge in [0.2, 0.25) is 0 Å². The number of methoxy groups -OCH3 is 1. The Kier molecular flexibility index (Phi) is 4.53. The largest absolute Gasteiger partial charge is 0.496 e. The quantitative estimate of drug-likeness (QED) is 0.868. The molecule has 1 unspecified atom stereocenters. The van der Waals surface area contributed by atoms with E-state index in [0.717, 1.165) is 11.3 Å². The van der Waals surface area contributed by atoms with E-state index < -0.39 is 0 Å². The first-order valence-corrected chi connectivity index (χ1v) is 5.78. The van der Waals surface area contributed by atoms with E-state index in [1.165, 1.54) is 16.7 Å². The van der Waals surface area contributed by atoms with Crippen molar-refractivity contribution in [2.75, 3.05) is 7.11 Å². The number of nitriles is 1. The van der Waals surface area contributed by atoms with E-state index in [1.54, 1.807) is 7.11 Å². The third-order valence-electron chi connectivity index (χ3n) is 3.10. The molecule has 0 aliphatic heterocycles. The molecule has 3 heteroatoms. The smallest absolute Gasteiger partial charge is 0.126 e. The Labute approximate surface area is 103 Å². The van der Waals surface area contributed by atoms with Crippen molar-refractivity contribution in [3.63, 3.8) is 0 Å². The van der Waals surface area contributed by atoms with Gasteiger partial charge in [-0.25, -0.2) is 0 Å². The van der Waals surface area contributed by atoms with E-state index in [-0.39, 0.29) is 6.04 Å². The summed E-state index contributed by atoms with van der Waals surface area (Å²) in [5.74, 6) is 0.931. The summed E-state index contributed by atoms with van der Waals surface area (Å²) >= 11 is 0. The topological polar surface area (TPSA) is 45.0 Å². The lowest BCUT2D eigenvalue weighted by Gasteiger charge is -2.17. The van der Waals surface area contributed by atoms with E-state index >= 15 is 0 Å². The first-order valence-electron chi connectivity index (χ1n) is 5.78. The summed E-state index contributed by atoms with van der Waals surface area (Å²) in [6, 6.07) is 4.17. The SMILES string of the molecule is COc1c(C)c(C)cc(C)c1CNC(C)C#N. The highest BCUT2D eigenvalue weighted by molar-refractivity contribution is 5.49. The van der Waals surface area contributed by atoms with Gasteiger partial charge < -0.3 is 4.74 Å². The van der Waals surface area contributed by atoms with Crippen molar-refractivity contribution in [2.45, 2.75) is 40.3 Å². The van der Waals surface area contributed by atoms with Crippen LogP contribution < -0.4 is 10.1 Å². The molecular formula is C14H20N2O. The molecule has 0 heterocycles. The summed E-state index contributed by atoms with van der Waals surface area (Å²) in [7, 11) is 1.69. The molecule has 0 aromatic heterocycles. The molecule has 0 aliphatic rings. The van der Waals surface area contributed by atoms with Crippen molar-refractivity contribution < 1.29 is 4.74 Å². The van der Waals surface area contributed by atoms with E-state index in [0.29, 0.717) is 6.54 Å². The number of hydrogen-bond donors (Lipinski definition) is 1. The number of hydrogen-bond acceptors (Lipinski definition) is 3. The molecule has 0 radical (unpaired) electrons. The van der Waals surface area contributed by atoms with Crippen LogP contribution in [0.4, 0.5) is 0 Å². The van der Waals surface area contributed by atoms with Gasteiger partial charge in [-0.15, -0.1) is 0 Å². The van der Waals surface area contributed by atoms with Gasteiger partial charge in [0, 0.05) is 12.1 Å². The van der Waals surface area contributed by atoms with Crippen molar-refractivity contribution in [1.29, 1.82) is 5.26 Å². The summed E-state index contributed by atoms with van der Waals surface area (Å²) in [4.78, 5) is 0. The predicted octanol–water partition coefficient (Wildman–Crippen LogP) is 2.62. The fraction of sp³-hybridized carbons (Fsp3) is 0.500. The Morgan fingerprint density at radius 2 is 2.00 bits per heavy atom. The molecule has 3 nitrogen and oxygen atoms in total. The van der Waals surface area contributed by atoms with Crippen molar-refractivity contribution in [3.8, 4) is 11.8 Å². The fourth-order valence-electron chi connectivity index (χ4n) is 1.90. The van der Waals surface area contributed by atoms with Gasteiger partial charge in [-0.3, -0.25) is 5.32 Å². The van der Waals surface area contributed by atoms with Gasteiger partial charge in [0.15, 0.2) is 0 Å². The first kappa shape index (κ1) is 13.5. The lowest BCUT2D eigenvalue weighted by molar-refractivity contribution is 0.403. The second kappa shape index (κ2) is 5.70. The predicted molar refractivity (Wildman–Crippen MR) is 69.1 cm³/mol. The molecular weight excluding hydrogens is 212 g/mol. The number of rotatable bonds is 4. The third-order valence-corrected chi connectivity index (χ3v) is 3.10. The number of nitrogens with one attached hydrogen (secondary N) is 1. The van der Waals surface area contributed by atoms with E-state index in [9.17, 15) is 0 Å². The van der Waals surface area contributed by atoms with E-state index in [1.807, 2.05) is 6.92 Å². The van der Waals surface area contributed by atoms with Gasteiger partial charge in [0.05, 0.1) is 19.2 Å². The molecule has 92 valence electrons. The van der Waals surface area contributed by atoms with Gasteiger partial charge in [-0.2, -0.15) is 5.26 Å². The molecule has 0 fully saturated rings. The van der Waals surface area contributed by atoms with Crippen molar-refractivity contribution in [1.82, 2.24) is 5.32 Å². The zero-order chi connectivity index (χ0) is 13.0. The Hall–Kier alpha value is -1.53. The lowest BCUT2D eigenvalue weighted by Crippen LogP contribution is -2.24. The second-order valence-corrected chi connectivity index (χ2v) is 4.38. The van der Waals surface area contributed by atoms with Crippen LogP contribution in [0.5, 0.6) is 5.75 Å². The monoisotopic (exact) mass is 232 g/mol. The highest BCUT2D eigenvalue weighted by Crippen LogP contribution is 2.29. The third kappa shape index (κ3) is 2.98. The maximum atomic E-state index is 8.76. The van der Waals surface area contributed by atoms with Crippen molar-refractivity contribution >= 4 is 0 Å². The van der Waals surface area contributed by atoms with Crippen LogP contribution in [0, 0.1) is 32.1 Å². The number of benzene rings is 1. The normalized spacial score (nSPS) is 12.0. The summed E-state index contributed by atoms with van der Waals surface area (Å²) < 4.78 is 5.48. The van der Waals surface area contributed by atoms with Crippen LogP contribution in [0.15, 0.2) is 6.07 Å². The summed E-state index contributed by atoms with van der Waals surface area (Å²) in [5, 5.41) is 11.9. The summed E-state index contributed by atoms with van der Waals surface area (Å²) in [6.45, 7) is 8.72. The van der Waals surface area contributed by atoms with Crippen LogP contribution in [0.3, 0.4) is 0 Å². The zero-order valence-corrected chi connectivity index (χ0v) is 11.2. The zero-order valence-electron chi connectivity index (χ0n) is 11.2. The molecule has 0 spiro atoms. The van der Waals surface area contributed by atoms with Gasteiger partial charge in [-0.1, -0.05) is 6.07 Å². The minimum absolute atomic E-state index is 0.152. The van der Waals surface area contributed by atoms with Crippen LogP contribution in [-0.4, -0.2) is 13.2 Å². The summed E-state index contributed by atoms with van der Waals surface area (Å²) in [5.41, 5.74) is 4.73. The van der Waals surface area contributed by atoms with E-state index in [2.05, 4.69) is 38.2 Å². The molecule has 1 aromatic rings. The van der Waals surface area contributed by atoms with Gasteiger partial charge >= 0.3 is 0 Å². The lowest BCUT2D eigenvalue weighted by atomic mass is 9.99. The molecule has 1 aromatic carbocycles. The molecule has 0 aliphatic carbocycles. The molecule has 0 amide bonds. The second-order valence-electron chi connectivity index (χ2n) is 4.38. The Morgan fingerprint density at radius 3 is 2.53 bits per heavy atom. The maximum Gasteiger partial charge on any atom is 0.126 e. The van der Waals surface area contributed by atoms with Crippen LogP contribution in [-0.2, 0) is 6.54 Å². The Morgan fingerprint density at radius 1 is 1.35 bits per heavy atom. The first-order chi connectivity index (χ1) is 8.01. The number of nitrogens with zero attached hydrogens (tertiary/aromatic N) is 1. The van der Waals surface area contributed by atoms with Crippen LogP contribution in [0.2, 0.25) is 0 Å². The number of ether oxygens (including phenoxy) is 1. The van der Waals surface area contributed by atoms with Crippen LogP contribution >= 0.6 is 0 Å². The molecule has 0 saturated carbocycles. The standard InChI is InChI=1S/C14H20N2O/c1-9-6-10(2)13(8-16-11(3)7-15)14(17-5)12(9)4/h6,11,16H,8H2,1-5H3. The van der Waals surface area contributed by atoms with Crippen molar-refractivity contribution in [2.24, 2.45) is 0 Å².